The lowest BCUT2D eigenvalue weighted by atomic mass is 10.2. The molecule has 0 unspecified atom stereocenters. The zero-order chi connectivity index (χ0) is 23.5. The molecule has 0 spiro atoms. The third-order valence-electron chi connectivity index (χ3n) is 4.66. The van der Waals surface area contributed by atoms with Gasteiger partial charge in [0.15, 0.2) is 0 Å². The highest BCUT2D eigenvalue weighted by Gasteiger charge is 2.19. The molecule has 0 atom stereocenters. The fourth-order valence-electron chi connectivity index (χ4n) is 3.05. The molecule has 2 heterocycles. The Morgan fingerprint density at radius 1 is 1.15 bits per heavy atom. The number of esters is 1. The number of non-ortho nitro benzene ring substituents is 1. The lowest BCUT2D eigenvalue weighted by Gasteiger charge is -2.10. The highest BCUT2D eigenvalue weighted by atomic mass is 35.5. The molecule has 0 amide bonds. The first-order chi connectivity index (χ1) is 15.8. The van der Waals surface area contributed by atoms with Crippen LogP contribution in [0.5, 0.6) is 0 Å². The predicted octanol–water partition coefficient (Wildman–Crippen LogP) is 5.07. The van der Waals surface area contributed by atoms with Crippen molar-refractivity contribution in [3.05, 3.63) is 109 Å². The number of halogens is 1. The first-order valence-corrected chi connectivity index (χ1v) is 10.9. The summed E-state index contributed by atoms with van der Waals surface area (Å²) in [5, 5.41) is 11.8. The molecule has 166 valence electrons. The van der Waals surface area contributed by atoms with Gasteiger partial charge in [0.05, 0.1) is 16.2 Å². The van der Waals surface area contributed by atoms with Crippen LogP contribution in [0.1, 0.15) is 21.6 Å². The van der Waals surface area contributed by atoms with Crippen molar-refractivity contribution in [1.82, 2.24) is 9.38 Å². The number of hydrogen-bond donors (Lipinski definition) is 0. The smallest absolute Gasteiger partial charge is 0.339 e. The molecular weight excluding hydrogens is 466 g/mol. The van der Waals surface area contributed by atoms with E-state index in [1.807, 2.05) is 6.92 Å². The van der Waals surface area contributed by atoms with E-state index in [9.17, 15) is 19.7 Å². The van der Waals surface area contributed by atoms with Crippen LogP contribution in [0.2, 0.25) is 5.02 Å². The molecule has 0 saturated heterocycles. The van der Waals surface area contributed by atoms with Crippen LogP contribution in [0.25, 0.3) is 5.65 Å². The average molecular weight is 482 g/mol. The van der Waals surface area contributed by atoms with E-state index < -0.39 is 10.9 Å². The van der Waals surface area contributed by atoms with Crippen molar-refractivity contribution in [2.75, 3.05) is 0 Å². The minimum Gasteiger partial charge on any atom is -0.456 e. The van der Waals surface area contributed by atoms with E-state index >= 15 is 0 Å². The summed E-state index contributed by atoms with van der Waals surface area (Å²) in [4.78, 5) is 41.5. The van der Waals surface area contributed by atoms with E-state index in [0.29, 0.717) is 15.6 Å². The topological polar surface area (TPSA) is 104 Å². The van der Waals surface area contributed by atoms with Gasteiger partial charge in [0.2, 0.25) is 0 Å². The van der Waals surface area contributed by atoms with Crippen LogP contribution in [0, 0.1) is 17.0 Å². The Balaban J connectivity index is 1.60. The maximum atomic E-state index is 12.9. The number of nitro benzene ring substituents is 1. The lowest BCUT2D eigenvalue weighted by molar-refractivity contribution is -0.384. The first kappa shape index (κ1) is 22.5. The Bertz CT molecular complexity index is 1440. The molecule has 4 rings (SSSR count). The van der Waals surface area contributed by atoms with Crippen molar-refractivity contribution in [2.45, 2.75) is 23.3 Å². The van der Waals surface area contributed by atoms with Gasteiger partial charge in [-0.2, -0.15) is 0 Å². The Morgan fingerprint density at radius 3 is 2.64 bits per heavy atom. The van der Waals surface area contributed by atoms with Crippen molar-refractivity contribution >= 4 is 40.7 Å². The second-order valence-corrected chi connectivity index (χ2v) is 8.64. The van der Waals surface area contributed by atoms with Gasteiger partial charge in [-0.1, -0.05) is 23.4 Å². The molecule has 33 heavy (non-hydrogen) atoms. The zero-order valence-electron chi connectivity index (χ0n) is 17.2. The van der Waals surface area contributed by atoms with Gasteiger partial charge in [0, 0.05) is 39.2 Å². The highest BCUT2D eigenvalue weighted by Crippen LogP contribution is 2.33. The number of carbonyl (C=O) groups is 1. The number of ether oxygens (including phenoxy) is 1. The van der Waals surface area contributed by atoms with Crippen molar-refractivity contribution in [3.63, 3.8) is 0 Å². The average Bonchev–Trinajstić information content (AvgIpc) is 2.78. The van der Waals surface area contributed by atoms with Crippen LogP contribution in [0.15, 0.2) is 81.4 Å². The molecule has 4 aromatic rings. The van der Waals surface area contributed by atoms with E-state index in [4.69, 9.17) is 16.3 Å². The standard InChI is InChI=1S/C23H16ClN3O5S/c1-14-8-9-26-21(10-14)25-16(11-22(26)28)13-32-23(29)19-12-17(27(30)31)4-7-20(19)33-18-5-2-15(24)3-6-18/h2-12H,13H2,1H3. The third kappa shape index (κ3) is 5.21. The summed E-state index contributed by atoms with van der Waals surface area (Å²) in [6.07, 6.45) is 1.62. The summed E-state index contributed by atoms with van der Waals surface area (Å²) in [5.74, 6) is -0.763. The first-order valence-electron chi connectivity index (χ1n) is 9.68. The molecule has 0 bridgehead atoms. The van der Waals surface area contributed by atoms with Crippen LogP contribution < -0.4 is 5.56 Å². The normalized spacial score (nSPS) is 10.8. The van der Waals surface area contributed by atoms with Crippen LogP contribution in [-0.4, -0.2) is 20.3 Å². The summed E-state index contributed by atoms with van der Waals surface area (Å²) >= 11 is 7.17. The number of nitrogens with zero attached hydrogens (tertiary/aromatic N) is 3. The Labute approximate surface area is 197 Å². The van der Waals surface area contributed by atoms with Gasteiger partial charge in [-0.15, -0.1) is 0 Å². The molecule has 2 aromatic heterocycles. The Kier molecular flexibility index (Phi) is 6.43. The van der Waals surface area contributed by atoms with E-state index in [0.717, 1.165) is 10.5 Å². The Morgan fingerprint density at radius 2 is 1.91 bits per heavy atom. The number of hydrogen-bond acceptors (Lipinski definition) is 7. The fraction of sp³-hybridized carbons (Fsp3) is 0.0870. The fourth-order valence-corrected chi connectivity index (χ4v) is 4.09. The molecule has 0 aliphatic rings. The molecular formula is C23H16ClN3O5S. The summed E-state index contributed by atoms with van der Waals surface area (Å²) in [7, 11) is 0. The van der Waals surface area contributed by atoms with Crippen molar-refractivity contribution < 1.29 is 14.5 Å². The van der Waals surface area contributed by atoms with E-state index in [1.54, 1.807) is 42.6 Å². The lowest BCUT2D eigenvalue weighted by Crippen LogP contribution is -2.17. The number of nitro groups is 1. The molecule has 10 heteroatoms. The monoisotopic (exact) mass is 481 g/mol. The van der Waals surface area contributed by atoms with Crippen LogP contribution >= 0.6 is 23.4 Å². The summed E-state index contributed by atoms with van der Waals surface area (Å²) < 4.78 is 6.76. The summed E-state index contributed by atoms with van der Waals surface area (Å²) in [5.41, 5.74) is 1.13. The zero-order valence-corrected chi connectivity index (χ0v) is 18.8. The molecule has 0 fully saturated rings. The largest absolute Gasteiger partial charge is 0.456 e. The second kappa shape index (κ2) is 9.43. The molecule has 0 saturated carbocycles. The number of pyridine rings is 1. The number of benzene rings is 2. The quantitative estimate of drug-likeness (QED) is 0.215. The third-order valence-corrected chi connectivity index (χ3v) is 6.00. The van der Waals surface area contributed by atoms with Gasteiger partial charge in [-0.3, -0.25) is 19.3 Å². The van der Waals surface area contributed by atoms with E-state index in [1.165, 1.54) is 40.4 Å². The maximum absolute atomic E-state index is 12.9. The second-order valence-electron chi connectivity index (χ2n) is 7.09. The SMILES string of the molecule is Cc1ccn2c(=O)cc(COC(=O)c3cc([N+](=O)[O-])ccc3Sc3ccc(Cl)cc3)nc2c1. The van der Waals surface area contributed by atoms with Crippen LogP contribution in [0.3, 0.4) is 0 Å². The van der Waals surface area contributed by atoms with Crippen molar-refractivity contribution in [1.29, 1.82) is 0 Å². The minimum atomic E-state index is -0.763. The van der Waals surface area contributed by atoms with Gasteiger partial charge in [-0.25, -0.2) is 9.78 Å². The van der Waals surface area contributed by atoms with Gasteiger partial charge < -0.3 is 4.74 Å². The van der Waals surface area contributed by atoms with E-state index in [2.05, 4.69) is 4.98 Å². The van der Waals surface area contributed by atoms with Crippen LogP contribution in [-0.2, 0) is 11.3 Å². The summed E-state index contributed by atoms with van der Waals surface area (Å²) in [6, 6.07) is 15.8. The molecule has 2 aromatic carbocycles. The number of aromatic nitrogens is 2. The number of fused-ring (bicyclic) bond motifs is 1. The number of aryl methyl sites for hydroxylation is 1. The van der Waals surface area contributed by atoms with Crippen LogP contribution in [0.4, 0.5) is 5.69 Å². The Hall–Kier alpha value is -3.69. The molecule has 8 nitrogen and oxygen atoms in total. The van der Waals surface area contributed by atoms with Crippen molar-refractivity contribution in [2.24, 2.45) is 0 Å². The molecule has 0 aliphatic heterocycles. The minimum absolute atomic E-state index is 0.0394. The number of rotatable bonds is 6. The predicted molar refractivity (Wildman–Crippen MR) is 124 cm³/mol. The van der Waals surface area contributed by atoms with Gasteiger partial charge in [-0.05, 0) is 55.0 Å². The molecule has 0 radical (unpaired) electrons. The van der Waals surface area contributed by atoms with Gasteiger partial charge in [0.1, 0.15) is 12.3 Å². The molecule has 0 aliphatic carbocycles. The molecule has 0 N–H and O–H groups in total. The van der Waals surface area contributed by atoms with E-state index in [-0.39, 0.29) is 29.1 Å². The summed E-state index contributed by atoms with van der Waals surface area (Å²) in [6.45, 7) is 1.62. The maximum Gasteiger partial charge on any atom is 0.339 e. The van der Waals surface area contributed by atoms with Gasteiger partial charge >= 0.3 is 5.97 Å². The highest BCUT2D eigenvalue weighted by molar-refractivity contribution is 7.99. The number of carbonyl (C=O) groups excluding carboxylic acids is 1. The van der Waals surface area contributed by atoms with Gasteiger partial charge in [0.25, 0.3) is 11.2 Å². The van der Waals surface area contributed by atoms with Crippen molar-refractivity contribution in [3.8, 4) is 0 Å².